The first-order valence-corrected chi connectivity index (χ1v) is 10.8. The van der Waals surface area contributed by atoms with Gasteiger partial charge in [-0.15, -0.1) is 0 Å². The van der Waals surface area contributed by atoms with E-state index in [1.54, 1.807) is 0 Å². The summed E-state index contributed by atoms with van der Waals surface area (Å²) in [5, 5.41) is 0. The van der Waals surface area contributed by atoms with Crippen molar-refractivity contribution in [1.29, 1.82) is 0 Å². The van der Waals surface area contributed by atoms with E-state index in [0.29, 0.717) is 6.04 Å². The zero-order chi connectivity index (χ0) is 22.5. The van der Waals surface area contributed by atoms with Crippen LogP contribution in [0.4, 0.5) is 11.4 Å². The van der Waals surface area contributed by atoms with Gasteiger partial charge in [-0.05, 0) is 29.3 Å². The number of halogens is 1. The molecule has 162 valence electrons. The van der Waals surface area contributed by atoms with Gasteiger partial charge in [0.05, 0.1) is 20.9 Å². The van der Waals surface area contributed by atoms with Gasteiger partial charge in [0.2, 0.25) is 0 Å². The third kappa shape index (κ3) is 6.32. The van der Waals surface area contributed by atoms with Crippen LogP contribution in [-0.4, -0.2) is 31.8 Å². The molecular formula is C23H29ClN2O4. The van der Waals surface area contributed by atoms with Crippen molar-refractivity contribution in [3.05, 3.63) is 77.9 Å². The van der Waals surface area contributed by atoms with E-state index < -0.39 is 10.2 Å². The molecule has 2 aromatic rings. The first kappa shape index (κ1) is 23.9. The summed E-state index contributed by atoms with van der Waals surface area (Å²) < 4.78 is 32.7. The highest BCUT2D eigenvalue weighted by Gasteiger charge is 2.40. The van der Waals surface area contributed by atoms with E-state index in [1.807, 2.05) is 0 Å². The monoisotopic (exact) mass is 432 g/mol. The number of anilines is 2. The van der Waals surface area contributed by atoms with E-state index in [-0.39, 0.29) is 5.41 Å². The predicted molar refractivity (Wildman–Crippen MR) is 113 cm³/mol. The molecule has 0 aliphatic carbocycles. The number of rotatable bonds is 4. The van der Waals surface area contributed by atoms with Gasteiger partial charge < -0.3 is 9.80 Å². The number of allylic oxidation sites excluding steroid dienone is 2. The Labute approximate surface area is 180 Å². The molecule has 0 spiro atoms. The van der Waals surface area contributed by atoms with Crippen LogP contribution in [0.15, 0.2) is 66.8 Å². The van der Waals surface area contributed by atoms with Gasteiger partial charge in [0.15, 0.2) is 0 Å². The van der Waals surface area contributed by atoms with Gasteiger partial charge in [-0.3, -0.25) is 0 Å². The molecule has 0 fully saturated rings. The van der Waals surface area contributed by atoms with Gasteiger partial charge in [0.25, 0.3) is 0 Å². The molecule has 30 heavy (non-hydrogen) atoms. The number of fused-ring (bicyclic) bond motifs is 1. The Kier molecular flexibility index (Phi) is 7.69. The second-order valence-corrected chi connectivity index (χ2v) is 8.71. The molecule has 1 N–H and O–H groups in total. The molecule has 1 aliphatic rings. The number of nitrogens with zero attached hydrogens (tertiary/aromatic N) is 2. The van der Waals surface area contributed by atoms with E-state index in [2.05, 4.69) is 118 Å². The molecule has 1 aliphatic heterocycles. The molecule has 0 aromatic heterocycles. The Bertz CT molecular complexity index is 881. The van der Waals surface area contributed by atoms with Gasteiger partial charge in [-0.1, -0.05) is 68.5 Å². The normalized spacial score (nSPS) is 17.8. The number of para-hydroxylation sites is 1. The van der Waals surface area contributed by atoms with Crippen LogP contribution in [-0.2, 0) is 5.41 Å². The molecule has 0 saturated heterocycles. The second-order valence-electron chi connectivity index (χ2n) is 7.92. The fourth-order valence-corrected chi connectivity index (χ4v) is 3.71. The summed E-state index contributed by atoms with van der Waals surface area (Å²) >= 11 is 0. The van der Waals surface area contributed by atoms with Gasteiger partial charge in [0.1, 0.15) is 0 Å². The third-order valence-electron chi connectivity index (χ3n) is 5.24. The van der Waals surface area contributed by atoms with Crippen molar-refractivity contribution in [3.8, 4) is 0 Å². The van der Waals surface area contributed by atoms with Crippen molar-refractivity contribution in [2.75, 3.05) is 30.9 Å². The minimum atomic E-state index is -4.69. The summed E-state index contributed by atoms with van der Waals surface area (Å²) in [6.07, 6.45) is 8.78. The van der Waals surface area contributed by atoms with E-state index in [1.165, 1.54) is 22.5 Å². The summed E-state index contributed by atoms with van der Waals surface area (Å²) in [5.41, 5.74) is 5.32. The fraction of sp³-hybridized carbons (Fsp3) is 0.304. The SMILES string of the molecule is CN(C)c1ccc(/C=C/C=C/C2N(C)c3ccccc3C2(C)C)cc1.[O-][Cl+3]([O-])([O-])O. The topological polar surface area (TPSA) is 95.9 Å². The lowest BCUT2D eigenvalue weighted by molar-refractivity contribution is -1.92. The zero-order valence-corrected chi connectivity index (χ0v) is 18.7. The van der Waals surface area contributed by atoms with Crippen molar-refractivity contribution < 1.29 is 28.9 Å². The molecule has 1 heterocycles. The Morgan fingerprint density at radius 3 is 2.10 bits per heavy atom. The Hall–Kier alpha value is -2.35. The quantitative estimate of drug-likeness (QED) is 0.724. The summed E-state index contributed by atoms with van der Waals surface area (Å²) in [6, 6.07) is 17.7. The lowest BCUT2D eigenvalue weighted by Gasteiger charge is -2.29. The molecule has 0 bridgehead atoms. The Morgan fingerprint density at radius 1 is 1.00 bits per heavy atom. The number of hydrogen-bond acceptors (Lipinski definition) is 6. The summed E-state index contributed by atoms with van der Waals surface area (Å²) in [7, 11) is 1.61. The fourth-order valence-electron chi connectivity index (χ4n) is 3.71. The van der Waals surface area contributed by atoms with Gasteiger partial charge in [-0.25, -0.2) is 0 Å². The predicted octanol–water partition coefficient (Wildman–Crippen LogP) is 0.994. The molecule has 3 rings (SSSR count). The molecule has 2 aromatic carbocycles. The number of hydrogen-bond donors (Lipinski definition) is 1. The summed E-state index contributed by atoms with van der Waals surface area (Å²) in [6.45, 7) is 4.65. The summed E-state index contributed by atoms with van der Waals surface area (Å²) in [4.78, 5) is 4.49. The van der Waals surface area contributed by atoms with E-state index in [0.717, 1.165) is 0 Å². The molecular weight excluding hydrogens is 404 g/mol. The number of likely N-dealkylation sites (N-methyl/N-ethyl adjacent to an activating group) is 1. The lowest BCUT2D eigenvalue weighted by Crippen LogP contribution is -2.58. The van der Waals surface area contributed by atoms with Crippen LogP contribution in [0.3, 0.4) is 0 Å². The molecule has 0 radical (unpaired) electrons. The molecule has 6 nitrogen and oxygen atoms in total. The van der Waals surface area contributed by atoms with Crippen LogP contribution in [0.5, 0.6) is 0 Å². The second kappa shape index (κ2) is 9.64. The maximum atomic E-state index is 8.60. The van der Waals surface area contributed by atoms with Crippen molar-refractivity contribution in [1.82, 2.24) is 0 Å². The van der Waals surface area contributed by atoms with E-state index in [9.17, 15) is 0 Å². The molecule has 7 heteroatoms. The highest BCUT2D eigenvalue weighted by atomic mass is 35.7. The first-order valence-electron chi connectivity index (χ1n) is 9.49. The third-order valence-corrected chi connectivity index (χ3v) is 5.24. The average Bonchev–Trinajstić information content (AvgIpc) is 2.85. The van der Waals surface area contributed by atoms with Crippen molar-refractivity contribution in [2.24, 2.45) is 0 Å². The van der Waals surface area contributed by atoms with Crippen molar-refractivity contribution in [3.63, 3.8) is 0 Å². The smallest absolute Gasteiger partial charge is 0.0777 e. The number of benzene rings is 2. The first-order chi connectivity index (χ1) is 13.9. The van der Waals surface area contributed by atoms with Crippen LogP contribution in [0, 0.1) is 10.2 Å². The van der Waals surface area contributed by atoms with Crippen LogP contribution in [0.1, 0.15) is 25.0 Å². The van der Waals surface area contributed by atoms with Crippen molar-refractivity contribution in [2.45, 2.75) is 25.3 Å². The lowest BCUT2D eigenvalue weighted by atomic mass is 9.80. The minimum absolute atomic E-state index is 0.114. The van der Waals surface area contributed by atoms with Gasteiger partial charge >= 0.3 is 0 Å². The molecule has 0 amide bonds. The van der Waals surface area contributed by atoms with E-state index in [4.69, 9.17) is 18.6 Å². The van der Waals surface area contributed by atoms with Crippen LogP contribution in [0.2, 0.25) is 0 Å². The van der Waals surface area contributed by atoms with E-state index >= 15 is 0 Å². The maximum absolute atomic E-state index is 8.60. The van der Waals surface area contributed by atoms with Crippen molar-refractivity contribution >= 4 is 17.5 Å². The van der Waals surface area contributed by atoms with Crippen LogP contribution < -0.4 is 23.8 Å². The molecule has 0 saturated carbocycles. The standard InChI is InChI=1S/C23H28N2.ClHO4/c1-23(2)20-11-7-8-12-21(20)25(5)22(23)13-9-6-10-18-14-16-19(17-15-18)24(3)4;2-1(3,4)5/h6-17,22H,1-5H3;(H,2,3,4,5)/b10-6+,13-9+;. The highest BCUT2D eigenvalue weighted by molar-refractivity contribution is 5.65. The van der Waals surface area contributed by atoms with Crippen LogP contribution >= 0.6 is 0 Å². The molecule has 1 unspecified atom stereocenters. The zero-order valence-electron chi connectivity index (χ0n) is 17.9. The molecule has 1 atom stereocenters. The average molecular weight is 433 g/mol. The summed E-state index contributed by atoms with van der Waals surface area (Å²) in [5.74, 6) is 0. The van der Waals surface area contributed by atoms with Gasteiger partial charge in [0, 0.05) is 37.9 Å². The Morgan fingerprint density at radius 2 is 1.57 bits per heavy atom. The minimum Gasteiger partial charge on any atom is -0.378 e. The highest BCUT2D eigenvalue weighted by Crippen LogP contribution is 2.44. The van der Waals surface area contributed by atoms with Crippen LogP contribution in [0.25, 0.3) is 6.08 Å². The van der Waals surface area contributed by atoms with Gasteiger partial charge in [-0.2, -0.15) is 14.0 Å². The maximum Gasteiger partial charge on any atom is 0.0777 e. The Balaban J connectivity index is 0.000000575. The largest absolute Gasteiger partial charge is 0.378 e.